The van der Waals surface area contributed by atoms with E-state index in [1.54, 1.807) is 4.90 Å². The van der Waals surface area contributed by atoms with Crippen molar-refractivity contribution >= 4 is 17.5 Å². The predicted molar refractivity (Wildman–Crippen MR) is 58.9 cm³/mol. The monoisotopic (exact) mass is 237 g/mol. The van der Waals surface area contributed by atoms with Gasteiger partial charge in [-0.3, -0.25) is 14.9 Å². The van der Waals surface area contributed by atoms with E-state index in [1.165, 1.54) is 18.3 Å². The molecule has 0 spiro atoms. The third-order valence-corrected chi connectivity index (χ3v) is 2.53. The Balaban J connectivity index is 2.25. The average molecular weight is 237 g/mol. The summed E-state index contributed by atoms with van der Waals surface area (Å²) in [6, 6.07) is 2.73. The summed E-state index contributed by atoms with van der Waals surface area (Å²) in [4.78, 5) is 26.4. The van der Waals surface area contributed by atoms with Crippen LogP contribution in [0.15, 0.2) is 18.3 Å². The summed E-state index contributed by atoms with van der Waals surface area (Å²) < 4.78 is 0. The molecule has 7 nitrogen and oxygen atoms in total. The zero-order valence-corrected chi connectivity index (χ0v) is 8.94. The van der Waals surface area contributed by atoms with Gasteiger partial charge in [-0.05, 0) is 12.8 Å². The molecule has 1 aliphatic carbocycles. The Morgan fingerprint density at radius 2 is 2.35 bits per heavy atom. The second-order valence-corrected chi connectivity index (χ2v) is 3.88. The van der Waals surface area contributed by atoms with Crippen LogP contribution in [-0.2, 0) is 4.79 Å². The number of aromatic nitrogens is 1. The first-order valence-electron chi connectivity index (χ1n) is 5.17. The highest BCUT2D eigenvalue weighted by Crippen LogP contribution is 2.31. The zero-order chi connectivity index (χ0) is 12.4. The van der Waals surface area contributed by atoms with Gasteiger partial charge >= 0.3 is 5.97 Å². The molecule has 0 aliphatic heterocycles. The van der Waals surface area contributed by atoms with E-state index in [1.807, 2.05) is 0 Å². The van der Waals surface area contributed by atoms with Crippen LogP contribution >= 0.6 is 0 Å². The van der Waals surface area contributed by atoms with Crippen molar-refractivity contribution in [3.05, 3.63) is 28.4 Å². The summed E-state index contributed by atoms with van der Waals surface area (Å²) in [5.41, 5.74) is -0.0777. The molecule has 0 bridgehead atoms. The second kappa shape index (κ2) is 4.36. The molecule has 0 aromatic carbocycles. The van der Waals surface area contributed by atoms with Crippen LogP contribution in [0.2, 0.25) is 0 Å². The van der Waals surface area contributed by atoms with Crippen LogP contribution < -0.4 is 4.90 Å². The number of aliphatic carboxylic acids is 1. The molecular weight excluding hydrogens is 226 g/mol. The first-order valence-corrected chi connectivity index (χ1v) is 5.17. The Kier molecular flexibility index (Phi) is 2.90. The van der Waals surface area contributed by atoms with Gasteiger partial charge in [0.25, 0.3) is 5.69 Å². The number of carboxylic acids is 1. The summed E-state index contributed by atoms with van der Waals surface area (Å²) in [6.45, 7) is -0.182. The zero-order valence-electron chi connectivity index (χ0n) is 8.94. The van der Waals surface area contributed by atoms with Crippen LogP contribution in [0.25, 0.3) is 0 Å². The molecule has 0 saturated heterocycles. The molecule has 1 saturated carbocycles. The highest BCUT2D eigenvalue weighted by atomic mass is 16.6. The highest BCUT2D eigenvalue weighted by Gasteiger charge is 2.31. The lowest BCUT2D eigenvalue weighted by atomic mass is 10.3. The predicted octanol–water partition coefficient (Wildman–Crippen LogP) is 1.04. The maximum Gasteiger partial charge on any atom is 0.323 e. The molecule has 0 atom stereocenters. The fourth-order valence-corrected chi connectivity index (χ4v) is 1.61. The molecule has 0 amide bonds. The molecule has 2 rings (SSSR count). The van der Waals surface area contributed by atoms with Gasteiger partial charge in [-0.15, -0.1) is 0 Å². The minimum absolute atomic E-state index is 0.0777. The van der Waals surface area contributed by atoms with Gasteiger partial charge in [-0.25, -0.2) is 4.98 Å². The summed E-state index contributed by atoms with van der Waals surface area (Å²) in [7, 11) is 0. The number of nitrogens with zero attached hydrogens (tertiary/aromatic N) is 3. The second-order valence-electron chi connectivity index (χ2n) is 3.88. The fraction of sp³-hybridized carbons (Fsp3) is 0.400. The molecule has 1 fully saturated rings. The lowest BCUT2D eigenvalue weighted by Gasteiger charge is -2.20. The van der Waals surface area contributed by atoms with Crippen LogP contribution in [0.4, 0.5) is 11.5 Å². The molecule has 17 heavy (non-hydrogen) atoms. The number of anilines is 1. The van der Waals surface area contributed by atoms with Gasteiger partial charge in [0.1, 0.15) is 12.4 Å². The first kappa shape index (κ1) is 11.3. The number of nitro groups is 1. The van der Waals surface area contributed by atoms with Crippen molar-refractivity contribution < 1.29 is 14.8 Å². The van der Waals surface area contributed by atoms with Crippen molar-refractivity contribution in [2.75, 3.05) is 11.4 Å². The van der Waals surface area contributed by atoms with E-state index in [0.29, 0.717) is 5.82 Å². The smallest absolute Gasteiger partial charge is 0.323 e. The molecule has 7 heteroatoms. The van der Waals surface area contributed by atoms with Crippen LogP contribution in [-0.4, -0.2) is 33.6 Å². The number of hydrogen-bond donors (Lipinski definition) is 1. The fourth-order valence-electron chi connectivity index (χ4n) is 1.61. The largest absolute Gasteiger partial charge is 0.480 e. The molecule has 1 aromatic rings. The first-order chi connectivity index (χ1) is 8.08. The summed E-state index contributed by atoms with van der Waals surface area (Å²) in [5.74, 6) is -0.616. The molecule has 0 unspecified atom stereocenters. The van der Waals surface area contributed by atoms with E-state index in [2.05, 4.69) is 4.98 Å². The number of hydrogen-bond acceptors (Lipinski definition) is 5. The van der Waals surface area contributed by atoms with Crippen molar-refractivity contribution in [2.24, 2.45) is 0 Å². The quantitative estimate of drug-likeness (QED) is 0.607. The maximum absolute atomic E-state index is 10.7. The van der Waals surface area contributed by atoms with Crippen LogP contribution in [0.1, 0.15) is 12.8 Å². The molecule has 1 aliphatic rings. The Labute approximate surface area is 96.8 Å². The Hall–Kier alpha value is -2.18. The third kappa shape index (κ3) is 2.68. The van der Waals surface area contributed by atoms with Crippen molar-refractivity contribution in [3.63, 3.8) is 0 Å². The minimum atomic E-state index is -0.967. The number of carbonyl (C=O) groups is 1. The lowest BCUT2D eigenvalue weighted by Crippen LogP contribution is -2.32. The topological polar surface area (TPSA) is 96.6 Å². The lowest BCUT2D eigenvalue weighted by molar-refractivity contribution is -0.384. The van der Waals surface area contributed by atoms with E-state index in [0.717, 1.165) is 12.8 Å². The van der Waals surface area contributed by atoms with Crippen LogP contribution in [0.3, 0.4) is 0 Å². The summed E-state index contributed by atoms with van der Waals surface area (Å²) >= 11 is 0. The molecule has 90 valence electrons. The SMILES string of the molecule is O=C(O)CN(c1cc([N+](=O)[O-])ccn1)C1CC1. The van der Waals surface area contributed by atoms with E-state index in [-0.39, 0.29) is 18.3 Å². The van der Waals surface area contributed by atoms with Gasteiger partial charge < -0.3 is 10.0 Å². The molecule has 1 heterocycles. The summed E-state index contributed by atoms with van der Waals surface area (Å²) in [6.07, 6.45) is 3.13. The van der Waals surface area contributed by atoms with Crippen molar-refractivity contribution in [3.8, 4) is 0 Å². The van der Waals surface area contributed by atoms with Crippen LogP contribution in [0, 0.1) is 10.1 Å². The van der Waals surface area contributed by atoms with Gasteiger partial charge in [0.15, 0.2) is 0 Å². The van der Waals surface area contributed by atoms with E-state index < -0.39 is 10.9 Å². The molecule has 1 N–H and O–H groups in total. The van der Waals surface area contributed by atoms with E-state index in [4.69, 9.17) is 5.11 Å². The number of carboxylic acid groups (broad SMARTS) is 1. The Morgan fingerprint density at radius 1 is 1.65 bits per heavy atom. The van der Waals surface area contributed by atoms with Gasteiger partial charge in [0.05, 0.1) is 11.0 Å². The minimum Gasteiger partial charge on any atom is -0.480 e. The Morgan fingerprint density at radius 3 is 2.88 bits per heavy atom. The van der Waals surface area contributed by atoms with E-state index in [9.17, 15) is 14.9 Å². The normalized spacial score (nSPS) is 14.4. The molecular formula is C10H11N3O4. The summed E-state index contributed by atoms with van der Waals surface area (Å²) in [5, 5.41) is 19.4. The third-order valence-electron chi connectivity index (χ3n) is 2.53. The van der Waals surface area contributed by atoms with Gasteiger partial charge in [-0.2, -0.15) is 0 Å². The van der Waals surface area contributed by atoms with Crippen molar-refractivity contribution in [1.82, 2.24) is 4.98 Å². The van der Waals surface area contributed by atoms with Gasteiger partial charge in [0.2, 0.25) is 0 Å². The standard InChI is InChI=1S/C10H11N3O4/c14-10(15)6-12(7-1-2-7)9-5-8(13(16)17)3-4-11-9/h3-5,7H,1-2,6H2,(H,14,15). The number of pyridine rings is 1. The highest BCUT2D eigenvalue weighted by molar-refractivity contribution is 5.73. The van der Waals surface area contributed by atoms with Crippen LogP contribution in [0.5, 0.6) is 0 Å². The average Bonchev–Trinajstić information content (AvgIpc) is 3.09. The van der Waals surface area contributed by atoms with Gasteiger partial charge in [0, 0.05) is 18.3 Å². The van der Waals surface area contributed by atoms with Crippen molar-refractivity contribution in [1.29, 1.82) is 0 Å². The van der Waals surface area contributed by atoms with Gasteiger partial charge in [-0.1, -0.05) is 0 Å². The molecule has 0 radical (unpaired) electrons. The molecule has 1 aromatic heterocycles. The Bertz CT molecular complexity index is 459. The maximum atomic E-state index is 10.7. The van der Waals surface area contributed by atoms with Crippen molar-refractivity contribution in [2.45, 2.75) is 18.9 Å². The number of rotatable bonds is 5. The van der Waals surface area contributed by atoms with E-state index >= 15 is 0 Å².